The maximum absolute atomic E-state index is 12.4. The molecule has 152 valence electrons. The predicted octanol–water partition coefficient (Wildman–Crippen LogP) is 3.54. The lowest BCUT2D eigenvalue weighted by molar-refractivity contribution is -0.135. The third kappa shape index (κ3) is 6.09. The van der Waals surface area contributed by atoms with Crippen molar-refractivity contribution in [3.63, 3.8) is 0 Å². The maximum Gasteiger partial charge on any atom is 0.260 e. The molecule has 0 atom stereocenters. The Morgan fingerprint density at radius 3 is 2.43 bits per heavy atom. The first-order chi connectivity index (χ1) is 13.0. The van der Waals surface area contributed by atoms with E-state index in [2.05, 4.69) is 16.0 Å². The molecule has 0 radical (unpaired) electrons. The maximum atomic E-state index is 12.4. The largest absolute Gasteiger partial charge is 0.484 e. The number of aromatic nitrogens is 1. The number of rotatable bonds is 6. The van der Waals surface area contributed by atoms with E-state index in [4.69, 9.17) is 16.3 Å². The molecule has 7 heteroatoms. The van der Waals surface area contributed by atoms with Crippen molar-refractivity contribution in [3.05, 3.63) is 58.4 Å². The number of aryl methyl sites for hydroxylation is 2. The fourth-order valence-corrected chi connectivity index (χ4v) is 3.37. The van der Waals surface area contributed by atoms with Crippen molar-refractivity contribution >= 4 is 29.9 Å². The molecule has 1 aromatic heterocycles. The summed E-state index contributed by atoms with van der Waals surface area (Å²) in [5.41, 5.74) is 3.03. The van der Waals surface area contributed by atoms with Crippen LogP contribution in [0.4, 0.5) is 0 Å². The van der Waals surface area contributed by atoms with Crippen LogP contribution in [0, 0.1) is 13.8 Å². The molecule has 1 aliphatic heterocycles. The van der Waals surface area contributed by atoms with Crippen LogP contribution in [-0.4, -0.2) is 60.0 Å². The van der Waals surface area contributed by atoms with Crippen LogP contribution in [0.25, 0.3) is 0 Å². The Morgan fingerprint density at radius 2 is 1.82 bits per heavy atom. The second-order valence-corrected chi connectivity index (χ2v) is 7.33. The summed E-state index contributed by atoms with van der Waals surface area (Å²) in [6.45, 7) is 8.16. The molecule has 28 heavy (non-hydrogen) atoms. The van der Waals surface area contributed by atoms with Gasteiger partial charge in [0.2, 0.25) is 0 Å². The lowest BCUT2D eigenvalue weighted by atomic mass is 10.1. The van der Waals surface area contributed by atoms with Crippen molar-refractivity contribution < 1.29 is 9.53 Å². The number of amides is 1. The molecule has 0 spiro atoms. The highest BCUT2D eigenvalue weighted by Crippen LogP contribution is 2.25. The summed E-state index contributed by atoms with van der Waals surface area (Å²) in [4.78, 5) is 21.1. The summed E-state index contributed by atoms with van der Waals surface area (Å²) in [5, 5.41) is 0.746. The predicted molar refractivity (Wildman–Crippen MR) is 115 cm³/mol. The van der Waals surface area contributed by atoms with Crippen LogP contribution in [-0.2, 0) is 11.2 Å². The number of hydrogen-bond donors (Lipinski definition) is 0. The molecule has 0 aliphatic carbocycles. The van der Waals surface area contributed by atoms with E-state index >= 15 is 0 Å². The standard InChI is InChI=1S/C21H26ClN3O2.ClH/c1-16-13-19(14-17(2)21(16)22)27-15-20(26)25-11-9-24(10-12-25)8-6-18-5-3-4-7-23-18;/h3-5,7,13-14H,6,8-12,15H2,1-2H3;1H. The highest BCUT2D eigenvalue weighted by atomic mass is 35.5. The molecule has 1 fully saturated rings. The third-order valence-electron chi connectivity index (χ3n) is 4.91. The van der Waals surface area contributed by atoms with Gasteiger partial charge >= 0.3 is 0 Å². The second kappa shape index (κ2) is 10.6. The zero-order valence-corrected chi connectivity index (χ0v) is 17.9. The number of piperazine rings is 1. The minimum atomic E-state index is 0. The summed E-state index contributed by atoms with van der Waals surface area (Å²) in [6.07, 6.45) is 2.77. The number of ether oxygens (including phenoxy) is 1. The molecule has 2 aromatic rings. The summed E-state index contributed by atoms with van der Waals surface area (Å²) in [7, 11) is 0. The van der Waals surface area contributed by atoms with Gasteiger partial charge in [0.15, 0.2) is 6.61 Å². The van der Waals surface area contributed by atoms with Crippen molar-refractivity contribution in [2.45, 2.75) is 20.3 Å². The molecule has 0 bridgehead atoms. The van der Waals surface area contributed by atoms with Crippen LogP contribution in [0.5, 0.6) is 5.75 Å². The first-order valence-corrected chi connectivity index (χ1v) is 9.70. The van der Waals surface area contributed by atoms with Gasteiger partial charge in [-0.15, -0.1) is 12.4 Å². The van der Waals surface area contributed by atoms with E-state index in [1.807, 2.05) is 49.2 Å². The molecular weight excluding hydrogens is 397 g/mol. The highest BCUT2D eigenvalue weighted by molar-refractivity contribution is 6.32. The van der Waals surface area contributed by atoms with E-state index in [0.717, 1.165) is 61.0 Å². The molecule has 0 unspecified atom stereocenters. The molecular formula is C21H27Cl2N3O2. The van der Waals surface area contributed by atoms with Gasteiger partial charge < -0.3 is 9.64 Å². The topological polar surface area (TPSA) is 45.7 Å². The second-order valence-electron chi connectivity index (χ2n) is 6.95. The molecule has 2 heterocycles. The lowest BCUT2D eigenvalue weighted by Crippen LogP contribution is -2.50. The third-order valence-corrected chi connectivity index (χ3v) is 5.50. The molecule has 0 saturated carbocycles. The summed E-state index contributed by atoms with van der Waals surface area (Å²) in [6, 6.07) is 9.75. The molecule has 3 rings (SSSR count). The summed E-state index contributed by atoms with van der Waals surface area (Å²) >= 11 is 6.17. The van der Waals surface area contributed by atoms with Gasteiger partial charge in [-0.25, -0.2) is 0 Å². The van der Waals surface area contributed by atoms with Gasteiger partial charge in [0, 0.05) is 56.1 Å². The summed E-state index contributed by atoms with van der Waals surface area (Å²) < 4.78 is 5.70. The van der Waals surface area contributed by atoms with Crippen molar-refractivity contribution in [1.29, 1.82) is 0 Å². The molecule has 5 nitrogen and oxygen atoms in total. The van der Waals surface area contributed by atoms with E-state index in [1.54, 1.807) is 0 Å². The first kappa shape index (κ1) is 22.5. The van der Waals surface area contributed by atoms with Gasteiger partial charge in [-0.2, -0.15) is 0 Å². The van der Waals surface area contributed by atoms with Crippen molar-refractivity contribution in [2.75, 3.05) is 39.3 Å². The van der Waals surface area contributed by atoms with Gasteiger partial charge in [-0.1, -0.05) is 17.7 Å². The van der Waals surface area contributed by atoms with E-state index in [1.165, 1.54) is 0 Å². The molecule has 1 saturated heterocycles. The number of pyridine rings is 1. The number of halogens is 2. The van der Waals surface area contributed by atoms with Crippen LogP contribution >= 0.6 is 24.0 Å². The Bertz CT molecular complexity index is 755. The number of nitrogens with zero attached hydrogens (tertiary/aromatic N) is 3. The van der Waals surface area contributed by atoms with E-state index in [0.29, 0.717) is 5.75 Å². The van der Waals surface area contributed by atoms with Crippen LogP contribution in [0.2, 0.25) is 5.02 Å². The Kier molecular flexibility index (Phi) is 8.55. The average Bonchev–Trinajstić information content (AvgIpc) is 2.69. The van der Waals surface area contributed by atoms with Crippen molar-refractivity contribution in [3.8, 4) is 5.75 Å². The molecule has 1 aliphatic rings. The quantitative estimate of drug-likeness (QED) is 0.712. The Labute approximate surface area is 178 Å². The van der Waals surface area contributed by atoms with Crippen LogP contribution in [0.3, 0.4) is 0 Å². The van der Waals surface area contributed by atoms with E-state index in [-0.39, 0.29) is 24.9 Å². The Morgan fingerprint density at radius 1 is 1.14 bits per heavy atom. The van der Waals surface area contributed by atoms with Gasteiger partial charge in [0.05, 0.1) is 0 Å². The number of benzene rings is 1. The smallest absolute Gasteiger partial charge is 0.260 e. The normalized spacial score (nSPS) is 14.5. The minimum absolute atomic E-state index is 0. The Balaban J connectivity index is 0.00000280. The van der Waals surface area contributed by atoms with Crippen LogP contribution < -0.4 is 4.74 Å². The number of carbonyl (C=O) groups excluding carboxylic acids is 1. The zero-order chi connectivity index (χ0) is 19.2. The van der Waals surface area contributed by atoms with Gasteiger partial charge in [0.1, 0.15) is 5.75 Å². The first-order valence-electron chi connectivity index (χ1n) is 9.32. The van der Waals surface area contributed by atoms with Gasteiger partial charge in [-0.05, 0) is 49.2 Å². The lowest BCUT2D eigenvalue weighted by Gasteiger charge is -2.34. The highest BCUT2D eigenvalue weighted by Gasteiger charge is 2.21. The van der Waals surface area contributed by atoms with Crippen LogP contribution in [0.1, 0.15) is 16.8 Å². The van der Waals surface area contributed by atoms with Crippen LogP contribution in [0.15, 0.2) is 36.5 Å². The number of carbonyl (C=O) groups is 1. The zero-order valence-electron chi connectivity index (χ0n) is 16.4. The molecule has 0 N–H and O–H groups in total. The van der Waals surface area contributed by atoms with E-state index < -0.39 is 0 Å². The average molecular weight is 424 g/mol. The fraction of sp³-hybridized carbons (Fsp3) is 0.429. The van der Waals surface area contributed by atoms with Gasteiger partial charge in [0.25, 0.3) is 5.91 Å². The molecule has 1 aromatic carbocycles. The molecule has 1 amide bonds. The SMILES string of the molecule is Cc1cc(OCC(=O)N2CCN(CCc3ccccn3)CC2)cc(C)c1Cl.Cl. The van der Waals surface area contributed by atoms with Gasteiger partial charge in [-0.3, -0.25) is 14.7 Å². The minimum Gasteiger partial charge on any atom is -0.484 e. The summed E-state index contributed by atoms with van der Waals surface area (Å²) in [5.74, 6) is 0.723. The van der Waals surface area contributed by atoms with Crippen molar-refractivity contribution in [2.24, 2.45) is 0 Å². The number of hydrogen-bond acceptors (Lipinski definition) is 4. The Hall–Kier alpha value is -1.82. The monoisotopic (exact) mass is 423 g/mol. The van der Waals surface area contributed by atoms with Crippen molar-refractivity contribution in [1.82, 2.24) is 14.8 Å². The van der Waals surface area contributed by atoms with E-state index in [9.17, 15) is 4.79 Å². The fourth-order valence-electron chi connectivity index (χ4n) is 3.27.